The molecule has 1 aromatic carbocycles. The van der Waals surface area contributed by atoms with Crippen molar-refractivity contribution in [3.63, 3.8) is 0 Å². The molecule has 0 unspecified atom stereocenters. The normalized spacial score (nSPS) is 12.8. The maximum Gasteiger partial charge on any atom is 0.243 e. The molecule has 0 fully saturated rings. The van der Waals surface area contributed by atoms with E-state index in [0.29, 0.717) is 5.75 Å². The van der Waals surface area contributed by atoms with E-state index in [2.05, 4.69) is 0 Å². The van der Waals surface area contributed by atoms with E-state index < -0.39 is 15.6 Å². The molecule has 6 heteroatoms. The number of nitrogens with zero attached hydrogens (tertiary/aromatic N) is 1. The van der Waals surface area contributed by atoms with E-state index in [1.165, 1.54) is 30.6 Å². The van der Waals surface area contributed by atoms with Crippen molar-refractivity contribution in [2.75, 3.05) is 20.0 Å². The summed E-state index contributed by atoms with van der Waals surface area (Å²) in [6.45, 7) is 3.56. The molecule has 0 spiro atoms. The van der Waals surface area contributed by atoms with Gasteiger partial charge in [-0.05, 0) is 38.1 Å². The number of rotatable bonds is 5. The maximum absolute atomic E-state index is 12.4. The van der Waals surface area contributed by atoms with Gasteiger partial charge >= 0.3 is 0 Å². The number of sulfonamides is 1. The standard InChI is InChI=1S/C12H18ClNO3S/c1-12(2,9-13)14(3)18(15,16)11-7-5-10(17-4)6-8-11/h5-8H,9H2,1-4H3. The van der Waals surface area contributed by atoms with Gasteiger partial charge in [0.1, 0.15) is 5.75 Å². The lowest BCUT2D eigenvalue weighted by atomic mass is 10.1. The van der Waals surface area contributed by atoms with Crippen LogP contribution in [0, 0.1) is 0 Å². The summed E-state index contributed by atoms with van der Waals surface area (Å²) in [6.07, 6.45) is 0. The van der Waals surface area contributed by atoms with Crippen molar-refractivity contribution in [1.29, 1.82) is 0 Å². The molecular weight excluding hydrogens is 274 g/mol. The summed E-state index contributed by atoms with van der Waals surface area (Å²) in [5.74, 6) is 0.840. The molecule has 0 N–H and O–H groups in total. The van der Waals surface area contributed by atoms with Crippen LogP contribution in [0.3, 0.4) is 0 Å². The molecule has 0 heterocycles. The Kier molecular flexibility index (Phi) is 4.64. The SMILES string of the molecule is COc1ccc(S(=O)(=O)N(C)C(C)(C)CCl)cc1. The largest absolute Gasteiger partial charge is 0.497 e. The van der Waals surface area contributed by atoms with Crippen LogP contribution in [0.2, 0.25) is 0 Å². The summed E-state index contributed by atoms with van der Waals surface area (Å²) in [5, 5.41) is 0. The lowest BCUT2D eigenvalue weighted by molar-refractivity contribution is 0.296. The summed E-state index contributed by atoms with van der Waals surface area (Å²) < 4.78 is 31.0. The Balaban J connectivity index is 3.13. The highest BCUT2D eigenvalue weighted by molar-refractivity contribution is 7.89. The Labute approximate surface area is 114 Å². The lowest BCUT2D eigenvalue weighted by Crippen LogP contribution is -2.46. The van der Waals surface area contributed by atoms with Crippen molar-refractivity contribution in [2.24, 2.45) is 0 Å². The van der Waals surface area contributed by atoms with Gasteiger partial charge in [-0.1, -0.05) is 0 Å². The number of methoxy groups -OCH3 is 1. The minimum atomic E-state index is -3.54. The van der Waals surface area contributed by atoms with Crippen LogP contribution < -0.4 is 4.74 Å². The van der Waals surface area contributed by atoms with Gasteiger partial charge in [-0.3, -0.25) is 0 Å². The second kappa shape index (κ2) is 5.47. The number of ether oxygens (including phenoxy) is 1. The van der Waals surface area contributed by atoms with E-state index in [1.807, 2.05) is 0 Å². The van der Waals surface area contributed by atoms with E-state index in [-0.39, 0.29) is 10.8 Å². The third-order valence-electron chi connectivity index (χ3n) is 2.90. The van der Waals surface area contributed by atoms with Crippen molar-refractivity contribution in [1.82, 2.24) is 4.31 Å². The first-order valence-corrected chi connectivity index (χ1v) is 7.42. The van der Waals surface area contributed by atoms with Gasteiger partial charge in [0.25, 0.3) is 0 Å². The van der Waals surface area contributed by atoms with Crippen molar-refractivity contribution in [3.8, 4) is 5.75 Å². The first kappa shape index (κ1) is 15.3. The Hall–Kier alpha value is -0.780. The van der Waals surface area contributed by atoms with Gasteiger partial charge in [-0.15, -0.1) is 11.6 Å². The quantitative estimate of drug-likeness (QED) is 0.782. The Morgan fingerprint density at radius 3 is 2.17 bits per heavy atom. The molecule has 0 atom stereocenters. The fraction of sp³-hybridized carbons (Fsp3) is 0.500. The molecular formula is C12H18ClNO3S. The van der Waals surface area contributed by atoms with Crippen LogP contribution in [-0.2, 0) is 10.0 Å². The van der Waals surface area contributed by atoms with E-state index in [0.717, 1.165) is 0 Å². The van der Waals surface area contributed by atoms with Crippen LogP contribution in [0.1, 0.15) is 13.8 Å². The zero-order chi connectivity index (χ0) is 14.0. The number of alkyl halides is 1. The smallest absolute Gasteiger partial charge is 0.243 e. The minimum absolute atomic E-state index is 0.221. The molecule has 0 bridgehead atoms. The molecule has 0 aliphatic rings. The fourth-order valence-corrected chi connectivity index (χ4v) is 3.08. The summed E-state index contributed by atoms with van der Waals surface area (Å²) >= 11 is 5.80. The predicted octanol–water partition coefficient (Wildman–Crippen LogP) is 2.33. The molecule has 4 nitrogen and oxygen atoms in total. The molecule has 18 heavy (non-hydrogen) atoms. The highest BCUT2D eigenvalue weighted by Crippen LogP contribution is 2.25. The molecule has 0 amide bonds. The molecule has 1 rings (SSSR count). The van der Waals surface area contributed by atoms with Gasteiger partial charge in [-0.25, -0.2) is 8.42 Å². The van der Waals surface area contributed by atoms with Crippen LogP contribution in [0.5, 0.6) is 5.75 Å². The van der Waals surface area contributed by atoms with Crippen molar-refractivity contribution >= 4 is 21.6 Å². The summed E-state index contributed by atoms with van der Waals surface area (Å²) in [5.41, 5.74) is -0.639. The average molecular weight is 292 g/mol. The van der Waals surface area contributed by atoms with E-state index in [9.17, 15) is 8.42 Å². The summed E-state index contributed by atoms with van der Waals surface area (Å²) in [7, 11) is -0.477. The van der Waals surface area contributed by atoms with Gasteiger partial charge in [0.2, 0.25) is 10.0 Å². The number of benzene rings is 1. The van der Waals surface area contributed by atoms with E-state index in [1.54, 1.807) is 26.0 Å². The second-order valence-electron chi connectivity index (χ2n) is 4.59. The molecule has 0 saturated heterocycles. The summed E-state index contributed by atoms with van der Waals surface area (Å²) in [6, 6.07) is 6.28. The van der Waals surface area contributed by atoms with Crippen LogP contribution in [0.25, 0.3) is 0 Å². The van der Waals surface area contributed by atoms with Crippen molar-refractivity contribution in [2.45, 2.75) is 24.3 Å². The molecule has 0 aliphatic carbocycles. The van der Waals surface area contributed by atoms with Gasteiger partial charge in [0.15, 0.2) is 0 Å². The van der Waals surface area contributed by atoms with Gasteiger partial charge < -0.3 is 4.74 Å². The zero-order valence-corrected chi connectivity index (χ0v) is 12.5. The Morgan fingerprint density at radius 2 is 1.78 bits per heavy atom. The molecule has 102 valence electrons. The highest BCUT2D eigenvalue weighted by Gasteiger charge is 2.33. The minimum Gasteiger partial charge on any atom is -0.497 e. The van der Waals surface area contributed by atoms with Crippen LogP contribution >= 0.6 is 11.6 Å². The first-order chi connectivity index (χ1) is 8.25. The third kappa shape index (κ3) is 2.96. The van der Waals surface area contributed by atoms with Crippen molar-refractivity contribution in [3.05, 3.63) is 24.3 Å². The maximum atomic E-state index is 12.4. The molecule has 1 aromatic rings. The topological polar surface area (TPSA) is 46.6 Å². The third-order valence-corrected chi connectivity index (χ3v) is 5.63. The predicted molar refractivity (Wildman–Crippen MR) is 72.7 cm³/mol. The second-order valence-corrected chi connectivity index (χ2v) is 6.83. The van der Waals surface area contributed by atoms with E-state index >= 15 is 0 Å². The zero-order valence-electron chi connectivity index (χ0n) is 11.0. The molecule has 0 radical (unpaired) electrons. The number of hydrogen-bond donors (Lipinski definition) is 0. The van der Waals surface area contributed by atoms with Crippen LogP contribution in [0.4, 0.5) is 0 Å². The highest BCUT2D eigenvalue weighted by atomic mass is 35.5. The monoisotopic (exact) mass is 291 g/mol. The van der Waals surface area contributed by atoms with Gasteiger partial charge in [0.05, 0.1) is 12.0 Å². The van der Waals surface area contributed by atoms with Crippen LogP contribution in [0.15, 0.2) is 29.2 Å². The number of halogens is 1. The summed E-state index contributed by atoms with van der Waals surface area (Å²) in [4.78, 5) is 0.226. The van der Waals surface area contributed by atoms with Gasteiger partial charge in [-0.2, -0.15) is 4.31 Å². The molecule has 0 aromatic heterocycles. The fourth-order valence-electron chi connectivity index (χ4n) is 1.32. The number of hydrogen-bond acceptors (Lipinski definition) is 3. The lowest BCUT2D eigenvalue weighted by Gasteiger charge is -2.32. The van der Waals surface area contributed by atoms with Gasteiger partial charge in [0, 0.05) is 18.5 Å². The van der Waals surface area contributed by atoms with Crippen LogP contribution in [-0.4, -0.2) is 38.3 Å². The average Bonchev–Trinajstić information content (AvgIpc) is 2.37. The van der Waals surface area contributed by atoms with Crippen molar-refractivity contribution < 1.29 is 13.2 Å². The Bertz CT molecular complexity index is 497. The Morgan fingerprint density at radius 1 is 1.28 bits per heavy atom. The first-order valence-electron chi connectivity index (χ1n) is 5.45. The molecule has 0 saturated carbocycles. The molecule has 0 aliphatic heterocycles. The van der Waals surface area contributed by atoms with E-state index in [4.69, 9.17) is 16.3 Å².